The Kier molecular flexibility index (Phi) is 4.12. The summed E-state index contributed by atoms with van der Waals surface area (Å²) in [6.07, 6.45) is -4.43. The number of methoxy groups -OCH3 is 2. The minimum Gasteiger partial charge on any atom is -0.497 e. The first-order valence-corrected chi connectivity index (χ1v) is 7.17. The summed E-state index contributed by atoms with van der Waals surface area (Å²) in [7, 11) is 2.88. The molecule has 0 amide bonds. The molecule has 5 nitrogen and oxygen atoms in total. The molecule has 1 heterocycles. The zero-order valence-electron chi connectivity index (χ0n) is 13.3. The van der Waals surface area contributed by atoms with E-state index in [1.807, 2.05) is 0 Å². The molecule has 0 bridgehead atoms. The number of ether oxygens (including phenoxy) is 2. The molecule has 0 aliphatic rings. The van der Waals surface area contributed by atoms with Crippen molar-refractivity contribution in [2.75, 3.05) is 14.2 Å². The number of rotatable bonds is 3. The molecular formula is C17H13F3N2O3. The van der Waals surface area contributed by atoms with Crippen LogP contribution in [-0.2, 0) is 6.18 Å². The van der Waals surface area contributed by atoms with Gasteiger partial charge in [-0.05, 0) is 12.1 Å². The van der Waals surface area contributed by atoms with Crippen LogP contribution < -0.4 is 15.0 Å². The molecule has 8 heteroatoms. The third-order valence-corrected chi connectivity index (χ3v) is 3.69. The van der Waals surface area contributed by atoms with E-state index in [0.717, 1.165) is 12.1 Å². The third-order valence-electron chi connectivity index (χ3n) is 3.69. The summed E-state index contributed by atoms with van der Waals surface area (Å²) in [5.74, 6) is 0.893. The molecule has 0 fully saturated rings. The smallest absolute Gasteiger partial charge is 0.416 e. The molecule has 0 aliphatic heterocycles. The molecule has 3 aromatic rings. The number of alkyl halides is 3. The van der Waals surface area contributed by atoms with Crippen molar-refractivity contribution in [1.29, 1.82) is 0 Å². The number of hydrogen-bond acceptors (Lipinski definition) is 4. The fourth-order valence-corrected chi connectivity index (χ4v) is 2.44. The van der Waals surface area contributed by atoms with Crippen LogP contribution in [0.1, 0.15) is 5.56 Å². The molecule has 0 unspecified atom stereocenters. The third kappa shape index (κ3) is 3.15. The summed E-state index contributed by atoms with van der Waals surface area (Å²) in [6.45, 7) is 0. The number of nitrogens with one attached hydrogen (secondary N) is 1. The van der Waals surface area contributed by atoms with Gasteiger partial charge >= 0.3 is 6.18 Å². The van der Waals surface area contributed by atoms with E-state index in [2.05, 4.69) is 9.97 Å². The fraction of sp³-hybridized carbons (Fsp3) is 0.176. The molecule has 1 aromatic heterocycles. The first-order valence-electron chi connectivity index (χ1n) is 7.17. The molecule has 0 spiro atoms. The summed E-state index contributed by atoms with van der Waals surface area (Å²) in [4.78, 5) is 19.3. The highest BCUT2D eigenvalue weighted by Crippen LogP contribution is 2.31. The van der Waals surface area contributed by atoms with Gasteiger partial charge in [0.1, 0.15) is 22.7 Å². The van der Waals surface area contributed by atoms with E-state index >= 15 is 0 Å². The molecule has 1 N–H and O–H groups in total. The topological polar surface area (TPSA) is 64.2 Å². The zero-order chi connectivity index (χ0) is 18.2. The predicted octanol–water partition coefficient (Wildman–Crippen LogP) is 3.63. The molecule has 0 saturated carbocycles. The van der Waals surface area contributed by atoms with Gasteiger partial charge in [0.25, 0.3) is 5.56 Å². The van der Waals surface area contributed by atoms with Gasteiger partial charge in [-0.1, -0.05) is 12.1 Å². The maximum atomic E-state index is 12.7. The van der Waals surface area contributed by atoms with E-state index in [4.69, 9.17) is 9.47 Å². The zero-order valence-corrected chi connectivity index (χ0v) is 13.3. The maximum Gasteiger partial charge on any atom is 0.416 e. The lowest BCUT2D eigenvalue weighted by atomic mass is 10.1. The van der Waals surface area contributed by atoms with Crippen molar-refractivity contribution in [3.63, 3.8) is 0 Å². The predicted molar refractivity (Wildman–Crippen MR) is 85.9 cm³/mol. The average molecular weight is 350 g/mol. The lowest BCUT2D eigenvalue weighted by molar-refractivity contribution is -0.137. The van der Waals surface area contributed by atoms with Gasteiger partial charge in [0.05, 0.1) is 25.3 Å². The molecule has 25 heavy (non-hydrogen) atoms. The number of halogens is 3. The second-order valence-corrected chi connectivity index (χ2v) is 5.21. The molecule has 3 rings (SSSR count). The number of hydrogen-bond donors (Lipinski definition) is 1. The highest BCUT2D eigenvalue weighted by atomic mass is 19.4. The Labute approximate surface area is 140 Å². The van der Waals surface area contributed by atoms with Crippen LogP contribution in [0.25, 0.3) is 22.3 Å². The van der Waals surface area contributed by atoms with Crippen LogP contribution in [0.4, 0.5) is 13.2 Å². The standard InChI is InChI=1S/C17H13F3N2O3/c1-24-11-7-12-14(13(8-11)25-2)16(23)22-15(21-12)9-3-5-10(6-4-9)17(18,19)20/h3-8H,1-2H3,(H,21,22,23). The number of aromatic nitrogens is 2. The van der Waals surface area contributed by atoms with Crippen LogP contribution >= 0.6 is 0 Å². The van der Waals surface area contributed by atoms with Crippen molar-refractivity contribution >= 4 is 10.9 Å². The van der Waals surface area contributed by atoms with E-state index < -0.39 is 17.3 Å². The van der Waals surface area contributed by atoms with Crippen LogP contribution in [0.3, 0.4) is 0 Å². The fourth-order valence-electron chi connectivity index (χ4n) is 2.44. The van der Waals surface area contributed by atoms with E-state index in [1.165, 1.54) is 26.4 Å². The quantitative estimate of drug-likeness (QED) is 0.784. The number of nitrogens with zero attached hydrogens (tertiary/aromatic N) is 1. The van der Waals surface area contributed by atoms with E-state index in [0.29, 0.717) is 22.6 Å². The van der Waals surface area contributed by atoms with Gasteiger partial charge in [-0.2, -0.15) is 13.2 Å². The number of benzene rings is 2. The number of fused-ring (bicyclic) bond motifs is 1. The van der Waals surface area contributed by atoms with Crippen molar-refractivity contribution in [3.8, 4) is 22.9 Å². The monoisotopic (exact) mass is 350 g/mol. The highest BCUT2D eigenvalue weighted by molar-refractivity contribution is 5.87. The molecule has 0 aliphatic carbocycles. The Balaban J connectivity index is 2.16. The van der Waals surface area contributed by atoms with E-state index in [1.54, 1.807) is 12.1 Å². The normalized spacial score (nSPS) is 11.6. The summed E-state index contributed by atoms with van der Waals surface area (Å²) in [5.41, 5.74) is -0.564. The lowest BCUT2D eigenvalue weighted by Crippen LogP contribution is -2.11. The molecule has 2 aromatic carbocycles. The maximum absolute atomic E-state index is 12.7. The summed E-state index contributed by atoms with van der Waals surface area (Å²) < 4.78 is 48.3. The van der Waals surface area contributed by atoms with Gasteiger partial charge in [-0.25, -0.2) is 4.98 Å². The summed E-state index contributed by atoms with van der Waals surface area (Å²) in [5, 5.41) is 0.235. The molecule has 0 atom stereocenters. The van der Waals surface area contributed by atoms with Gasteiger partial charge in [0.2, 0.25) is 0 Å². The minimum atomic E-state index is -4.43. The molecular weight excluding hydrogens is 337 g/mol. The van der Waals surface area contributed by atoms with Gasteiger partial charge in [0, 0.05) is 17.7 Å². The Morgan fingerprint density at radius 2 is 1.72 bits per heavy atom. The van der Waals surface area contributed by atoms with Crippen molar-refractivity contribution in [3.05, 3.63) is 52.3 Å². The Bertz CT molecular complexity index is 979. The molecule has 130 valence electrons. The van der Waals surface area contributed by atoms with Crippen molar-refractivity contribution < 1.29 is 22.6 Å². The highest BCUT2D eigenvalue weighted by Gasteiger charge is 2.30. The minimum absolute atomic E-state index is 0.154. The van der Waals surface area contributed by atoms with Crippen LogP contribution in [0, 0.1) is 0 Å². The average Bonchev–Trinajstić information content (AvgIpc) is 2.59. The lowest BCUT2D eigenvalue weighted by Gasteiger charge is -2.10. The summed E-state index contributed by atoms with van der Waals surface area (Å²) >= 11 is 0. The number of H-pyrrole nitrogens is 1. The van der Waals surface area contributed by atoms with Gasteiger partial charge in [0.15, 0.2) is 0 Å². The Hall–Kier alpha value is -3.03. The van der Waals surface area contributed by atoms with Crippen molar-refractivity contribution in [2.45, 2.75) is 6.18 Å². The summed E-state index contributed by atoms with van der Waals surface area (Å²) in [6, 6.07) is 7.49. The van der Waals surface area contributed by atoms with Gasteiger partial charge in [-0.15, -0.1) is 0 Å². The molecule has 0 radical (unpaired) electrons. The second kappa shape index (κ2) is 6.12. The second-order valence-electron chi connectivity index (χ2n) is 5.21. The van der Waals surface area contributed by atoms with Crippen molar-refractivity contribution in [2.24, 2.45) is 0 Å². The number of aromatic amines is 1. The van der Waals surface area contributed by atoms with E-state index in [-0.39, 0.29) is 11.2 Å². The Morgan fingerprint density at radius 1 is 1.04 bits per heavy atom. The van der Waals surface area contributed by atoms with Gasteiger partial charge in [-0.3, -0.25) is 4.79 Å². The van der Waals surface area contributed by atoms with Crippen LogP contribution in [0.15, 0.2) is 41.2 Å². The first-order chi connectivity index (χ1) is 11.8. The van der Waals surface area contributed by atoms with Crippen molar-refractivity contribution in [1.82, 2.24) is 9.97 Å². The van der Waals surface area contributed by atoms with Gasteiger partial charge < -0.3 is 14.5 Å². The first kappa shape index (κ1) is 16.8. The largest absolute Gasteiger partial charge is 0.497 e. The Morgan fingerprint density at radius 3 is 2.28 bits per heavy atom. The molecule has 0 saturated heterocycles. The van der Waals surface area contributed by atoms with Crippen LogP contribution in [0.5, 0.6) is 11.5 Å². The van der Waals surface area contributed by atoms with Crippen LogP contribution in [0.2, 0.25) is 0 Å². The van der Waals surface area contributed by atoms with Crippen LogP contribution in [-0.4, -0.2) is 24.2 Å². The van der Waals surface area contributed by atoms with E-state index in [9.17, 15) is 18.0 Å². The SMILES string of the molecule is COc1cc(OC)c2c(=O)[nH]c(-c3ccc(C(F)(F)F)cc3)nc2c1.